The van der Waals surface area contributed by atoms with Crippen molar-refractivity contribution in [3.05, 3.63) is 182 Å². The zero-order chi connectivity index (χ0) is 38.6. The van der Waals surface area contributed by atoms with Crippen molar-refractivity contribution >= 4 is 96.8 Å². The summed E-state index contributed by atoms with van der Waals surface area (Å²) in [5.41, 5.74) is 7.64. The maximum atomic E-state index is 7.09. The number of benzene rings is 9. The first-order chi connectivity index (χ1) is 29.3. The van der Waals surface area contributed by atoms with Gasteiger partial charge < -0.3 is 8.98 Å². The molecule has 0 N–H and O–H groups in total. The Morgan fingerprint density at radius 3 is 1.78 bits per heavy atom. The molecule has 4 aromatic heterocycles. The lowest BCUT2D eigenvalue weighted by atomic mass is 9.99. The molecule has 0 saturated heterocycles. The first kappa shape index (κ1) is 32.4. The molecule has 0 aliphatic rings. The first-order valence-electron chi connectivity index (χ1n) is 19.8. The fourth-order valence-electron chi connectivity index (χ4n) is 9.24. The highest BCUT2D eigenvalue weighted by Crippen LogP contribution is 2.48. The van der Waals surface area contributed by atoms with Gasteiger partial charge in [-0.25, -0.2) is 15.0 Å². The Labute approximate surface area is 341 Å². The minimum atomic E-state index is 0.564. The van der Waals surface area contributed by atoms with Gasteiger partial charge in [-0.1, -0.05) is 146 Å². The summed E-state index contributed by atoms with van der Waals surface area (Å²) in [6, 6.07) is 64.1. The van der Waals surface area contributed by atoms with Crippen LogP contribution < -0.4 is 0 Å². The maximum Gasteiger partial charge on any atom is 0.167 e. The highest BCUT2D eigenvalue weighted by atomic mass is 32.1. The minimum Gasteiger partial charge on any atom is -0.455 e. The molecule has 13 rings (SSSR count). The van der Waals surface area contributed by atoms with Crippen LogP contribution in [0.15, 0.2) is 186 Å². The summed E-state index contributed by atoms with van der Waals surface area (Å²) < 4.78 is 12.1. The molecule has 0 fully saturated rings. The van der Waals surface area contributed by atoms with E-state index in [1.54, 1.807) is 0 Å². The van der Waals surface area contributed by atoms with Gasteiger partial charge in [-0.15, -0.1) is 11.3 Å². The molecule has 0 radical (unpaired) electrons. The standard InChI is InChI=1S/C53H30N4OS/c1-3-15-31(16-4-1)51-54-52(32-17-5-2-6-18-32)56-53(55-51)41-29-33-19-7-8-20-35(33)46-39-28-27-34(30-43(39)58-49(41)46)57-42-25-13-11-23-38(42)45-36-21-9-10-22-37(36)47-40-24-12-14-26-44(40)59-50(47)48(45)57/h1-30H. The van der Waals surface area contributed by atoms with E-state index in [9.17, 15) is 0 Å². The third-order valence-corrected chi connectivity index (χ3v) is 13.0. The molecule has 0 atom stereocenters. The lowest BCUT2D eigenvalue weighted by Crippen LogP contribution is -2.00. The number of furan rings is 1. The van der Waals surface area contributed by atoms with Crippen molar-refractivity contribution in [1.82, 2.24) is 19.5 Å². The van der Waals surface area contributed by atoms with Crippen LogP contribution in [0.4, 0.5) is 0 Å². The predicted octanol–water partition coefficient (Wildman–Crippen LogP) is 14.5. The van der Waals surface area contributed by atoms with Gasteiger partial charge >= 0.3 is 0 Å². The average Bonchev–Trinajstić information content (AvgIpc) is 4.00. The van der Waals surface area contributed by atoms with E-state index >= 15 is 0 Å². The van der Waals surface area contributed by atoms with Gasteiger partial charge in [0, 0.05) is 59.9 Å². The lowest BCUT2D eigenvalue weighted by molar-refractivity contribution is 0.669. The van der Waals surface area contributed by atoms with Crippen LogP contribution in [0.25, 0.3) is 125 Å². The molecule has 9 aromatic carbocycles. The molecule has 0 aliphatic heterocycles. The Balaban J connectivity index is 1.11. The van der Waals surface area contributed by atoms with Crippen molar-refractivity contribution in [2.24, 2.45) is 0 Å². The van der Waals surface area contributed by atoms with Crippen LogP contribution >= 0.6 is 11.3 Å². The summed E-state index contributed by atoms with van der Waals surface area (Å²) >= 11 is 1.87. The fourth-order valence-corrected chi connectivity index (χ4v) is 10.5. The summed E-state index contributed by atoms with van der Waals surface area (Å²) in [5.74, 6) is 1.79. The predicted molar refractivity (Wildman–Crippen MR) is 246 cm³/mol. The van der Waals surface area contributed by atoms with E-state index < -0.39 is 0 Å². The van der Waals surface area contributed by atoms with E-state index in [0.29, 0.717) is 17.5 Å². The van der Waals surface area contributed by atoms with Gasteiger partial charge in [0.2, 0.25) is 0 Å². The number of hydrogen-bond donors (Lipinski definition) is 0. The third kappa shape index (κ3) is 4.75. The van der Waals surface area contributed by atoms with Crippen LogP contribution in [-0.2, 0) is 0 Å². The van der Waals surface area contributed by atoms with Crippen molar-refractivity contribution in [3.63, 3.8) is 0 Å². The lowest BCUT2D eigenvalue weighted by Gasteiger charge is -2.10. The van der Waals surface area contributed by atoms with Crippen LogP contribution in [0.2, 0.25) is 0 Å². The van der Waals surface area contributed by atoms with Crippen molar-refractivity contribution < 1.29 is 4.42 Å². The zero-order valence-corrected chi connectivity index (χ0v) is 32.2. The van der Waals surface area contributed by atoms with E-state index in [1.807, 2.05) is 72.0 Å². The molecule has 0 aliphatic carbocycles. The Morgan fingerprint density at radius 2 is 1.03 bits per heavy atom. The molecular weight excluding hydrogens is 741 g/mol. The quantitative estimate of drug-likeness (QED) is 0.179. The molecule has 4 heterocycles. The number of para-hydroxylation sites is 1. The number of aromatic nitrogens is 4. The Morgan fingerprint density at radius 1 is 0.441 bits per heavy atom. The van der Waals surface area contributed by atoms with Crippen molar-refractivity contribution in [2.75, 3.05) is 0 Å². The van der Waals surface area contributed by atoms with Gasteiger partial charge in [-0.2, -0.15) is 0 Å². The van der Waals surface area contributed by atoms with Crippen molar-refractivity contribution in [2.45, 2.75) is 0 Å². The van der Waals surface area contributed by atoms with E-state index in [2.05, 4.69) is 126 Å². The van der Waals surface area contributed by atoms with Gasteiger partial charge in [-0.3, -0.25) is 0 Å². The first-order valence-corrected chi connectivity index (χ1v) is 20.6. The maximum absolute atomic E-state index is 7.09. The van der Waals surface area contributed by atoms with Gasteiger partial charge in [-0.05, 0) is 51.9 Å². The molecule has 0 bridgehead atoms. The summed E-state index contributed by atoms with van der Waals surface area (Å²) in [6.45, 7) is 0. The minimum absolute atomic E-state index is 0.564. The van der Waals surface area contributed by atoms with Crippen molar-refractivity contribution in [3.8, 4) is 39.9 Å². The van der Waals surface area contributed by atoms with Crippen LogP contribution in [0.1, 0.15) is 0 Å². The molecular formula is C53H30N4OS. The van der Waals surface area contributed by atoms with Gasteiger partial charge in [0.15, 0.2) is 17.5 Å². The Bertz CT molecular complexity index is 3790. The number of rotatable bonds is 4. The molecule has 274 valence electrons. The summed E-state index contributed by atoms with van der Waals surface area (Å²) in [5, 5.41) is 11.9. The highest BCUT2D eigenvalue weighted by molar-refractivity contribution is 7.27. The molecule has 0 amide bonds. The Hall–Kier alpha value is -7.67. The van der Waals surface area contributed by atoms with E-state index in [1.165, 1.54) is 47.2 Å². The number of fused-ring (bicyclic) bond motifs is 15. The molecule has 0 unspecified atom stereocenters. The topological polar surface area (TPSA) is 56.7 Å². The van der Waals surface area contributed by atoms with Gasteiger partial charge in [0.25, 0.3) is 0 Å². The monoisotopic (exact) mass is 770 g/mol. The number of thiophene rings is 1. The second-order valence-corrected chi connectivity index (χ2v) is 16.1. The van der Waals surface area contributed by atoms with Gasteiger partial charge in [0.1, 0.15) is 11.2 Å². The average molecular weight is 771 g/mol. The highest BCUT2D eigenvalue weighted by Gasteiger charge is 2.24. The molecule has 0 saturated carbocycles. The number of hydrogen-bond acceptors (Lipinski definition) is 5. The van der Waals surface area contributed by atoms with Crippen LogP contribution in [0.3, 0.4) is 0 Å². The molecule has 0 spiro atoms. The smallest absolute Gasteiger partial charge is 0.167 e. The van der Waals surface area contributed by atoms with Crippen LogP contribution in [0.5, 0.6) is 0 Å². The van der Waals surface area contributed by atoms with Crippen LogP contribution in [-0.4, -0.2) is 19.5 Å². The molecule has 6 heteroatoms. The third-order valence-electron chi connectivity index (χ3n) is 11.8. The fraction of sp³-hybridized carbons (Fsp3) is 0. The zero-order valence-electron chi connectivity index (χ0n) is 31.4. The van der Waals surface area contributed by atoms with E-state index in [-0.39, 0.29) is 0 Å². The number of nitrogens with zero attached hydrogens (tertiary/aromatic N) is 4. The second kappa shape index (κ2) is 12.4. The normalized spacial score (nSPS) is 12.1. The van der Waals surface area contributed by atoms with Crippen LogP contribution in [0, 0.1) is 0 Å². The molecule has 13 aromatic rings. The van der Waals surface area contributed by atoms with E-state index in [4.69, 9.17) is 19.4 Å². The molecule has 59 heavy (non-hydrogen) atoms. The molecule has 5 nitrogen and oxygen atoms in total. The Kier molecular flexibility index (Phi) is 6.82. The second-order valence-electron chi connectivity index (χ2n) is 15.1. The summed E-state index contributed by atoms with van der Waals surface area (Å²) in [7, 11) is 0. The van der Waals surface area contributed by atoms with Gasteiger partial charge in [0.05, 0.1) is 21.3 Å². The van der Waals surface area contributed by atoms with Crippen molar-refractivity contribution in [1.29, 1.82) is 0 Å². The largest absolute Gasteiger partial charge is 0.455 e. The summed E-state index contributed by atoms with van der Waals surface area (Å²) in [6.07, 6.45) is 0. The SMILES string of the molecule is c1ccc(-c2nc(-c3ccccc3)nc(-c3cc4ccccc4c4c3oc3cc(-n5c6ccccc6c6c7ccccc7c7c8ccccc8sc7c65)ccc34)n2)cc1. The summed E-state index contributed by atoms with van der Waals surface area (Å²) in [4.78, 5) is 15.3. The van der Waals surface area contributed by atoms with E-state index in [0.717, 1.165) is 60.6 Å².